The summed E-state index contributed by atoms with van der Waals surface area (Å²) in [6, 6.07) is 15.7. The van der Waals surface area contributed by atoms with Crippen molar-refractivity contribution in [3.8, 4) is 5.69 Å². The Hall–Kier alpha value is -3.22. The van der Waals surface area contributed by atoms with Gasteiger partial charge in [-0.3, -0.25) is 0 Å². The van der Waals surface area contributed by atoms with E-state index in [9.17, 15) is 4.79 Å². The van der Waals surface area contributed by atoms with Gasteiger partial charge in [0.05, 0.1) is 23.4 Å². The van der Waals surface area contributed by atoms with Crippen LogP contribution in [0.25, 0.3) is 5.69 Å². The van der Waals surface area contributed by atoms with Gasteiger partial charge in [0.2, 0.25) is 0 Å². The Kier molecular flexibility index (Phi) is 6.02. The fourth-order valence-electron chi connectivity index (χ4n) is 4.21. The molecule has 1 aliphatic rings. The van der Waals surface area contributed by atoms with Crippen LogP contribution >= 0.6 is 0 Å². The Morgan fingerprint density at radius 3 is 2.65 bits per heavy atom. The van der Waals surface area contributed by atoms with Gasteiger partial charge >= 0.3 is 5.97 Å². The minimum atomic E-state index is -0.384. The second-order valence-corrected chi connectivity index (χ2v) is 8.44. The molecule has 0 unspecified atom stereocenters. The van der Waals surface area contributed by atoms with Gasteiger partial charge in [-0.1, -0.05) is 30.7 Å². The van der Waals surface area contributed by atoms with E-state index < -0.39 is 0 Å². The van der Waals surface area contributed by atoms with E-state index in [-0.39, 0.29) is 11.5 Å². The Morgan fingerprint density at radius 1 is 1.19 bits per heavy atom. The van der Waals surface area contributed by atoms with Gasteiger partial charge < -0.3 is 10.1 Å². The molecule has 3 aromatic rings. The zero-order valence-corrected chi connectivity index (χ0v) is 18.3. The molecule has 1 fully saturated rings. The highest BCUT2D eigenvalue weighted by molar-refractivity contribution is 5.90. The molecule has 162 valence electrons. The number of benzene rings is 2. The summed E-state index contributed by atoms with van der Waals surface area (Å²) in [5.74, 6) is 1.09. The molecule has 2 aromatic carbocycles. The molecule has 1 N–H and O–H groups in total. The van der Waals surface area contributed by atoms with Gasteiger partial charge in [-0.15, -0.1) is 5.10 Å². The molecule has 0 bridgehead atoms. The van der Waals surface area contributed by atoms with Crippen molar-refractivity contribution >= 4 is 11.7 Å². The molecule has 1 saturated carbocycles. The molecular weight excluding hydrogens is 390 g/mol. The molecular formula is C24H29N5O2. The van der Waals surface area contributed by atoms with Gasteiger partial charge in [0.15, 0.2) is 5.82 Å². The Bertz CT molecular complexity index is 1040. The van der Waals surface area contributed by atoms with Crippen LogP contribution in [0.15, 0.2) is 48.5 Å². The zero-order chi connectivity index (χ0) is 21.8. The molecule has 0 radical (unpaired) electrons. The summed E-state index contributed by atoms with van der Waals surface area (Å²) >= 11 is 0. The van der Waals surface area contributed by atoms with Crippen LogP contribution in [0.3, 0.4) is 0 Å². The number of hydrogen-bond acceptors (Lipinski definition) is 6. The normalized spacial score (nSPS) is 20.9. The van der Waals surface area contributed by atoms with Crippen molar-refractivity contribution in [1.82, 2.24) is 20.2 Å². The summed E-state index contributed by atoms with van der Waals surface area (Å²) in [6.07, 6.45) is 4.04. The van der Waals surface area contributed by atoms with E-state index in [0.29, 0.717) is 18.1 Å². The first kappa shape index (κ1) is 21.0. The smallest absolute Gasteiger partial charge is 0.338 e. The second-order valence-electron chi connectivity index (χ2n) is 8.44. The van der Waals surface area contributed by atoms with Crippen molar-refractivity contribution in [3.05, 3.63) is 65.5 Å². The number of nitrogens with zero attached hydrogens (tertiary/aromatic N) is 4. The third kappa shape index (κ3) is 4.45. The van der Waals surface area contributed by atoms with Crippen molar-refractivity contribution in [2.75, 3.05) is 11.9 Å². The zero-order valence-electron chi connectivity index (χ0n) is 18.3. The highest BCUT2D eigenvalue weighted by atomic mass is 16.5. The van der Waals surface area contributed by atoms with Gasteiger partial charge in [-0.05, 0) is 86.2 Å². The van der Waals surface area contributed by atoms with E-state index in [1.807, 2.05) is 12.1 Å². The van der Waals surface area contributed by atoms with Crippen LogP contribution in [0.5, 0.6) is 0 Å². The van der Waals surface area contributed by atoms with E-state index in [1.165, 1.54) is 5.56 Å². The van der Waals surface area contributed by atoms with Gasteiger partial charge in [-0.2, -0.15) is 4.68 Å². The SMILES string of the molecule is CCOC(=O)c1cccc(-n2nnnc2C2(Nc3ccc(C)cc3)CCC(C)CC2)c1. The van der Waals surface area contributed by atoms with Crippen LogP contribution in [0, 0.1) is 12.8 Å². The molecule has 0 atom stereocenters. The number of aryl methyl sites for hydroxylation is 1. The number of hydrogen-bond donors (Lipinski definition) is 1. The van der Waals surface area contributed by atoms with Crippen LogP contribution in [-0.4, -0.2) is 32.8 Å². The highest BCUT2D eigenvalue weighted by Crippen LogP contribution is 2.41. The number of carbonyl (C=O) groups excluding carboxylic acids is 1. The average Bonchev–Trinajstić information content (AvgIpc) is 3.28. The molecule has 7 heteroatoms. The van der Waals surface area contributed by atoms with E-state index in [2.05, 4.69) is 59.0 Å². The fraction of sp³-hybridized carbons (Fsp3) is 0.417. The van der Waals surface area contributed by atoms with Gasteiger partial charge in [-0.25, -0.2) is 4.79 Å². The Balaban J connectivity index is 1.73. The third-order valence-corrected chi connectivity index (χ3v) is 6.06. The maximum Gasteiger partial charge on any atom is 0.338 e. The minimum absolute atomic E-state index is 0.334. The van der Waals surface area contributed by atoms with Crippen LogP contribution in [-0.2, 0) is 10.3 Å². The number of ether oxygens (including phenoxy) is 1. The second kappa shape index (κ2) is 8.88. The van der Waals surface area contributed by atoms with Gasteiger partial charge in [0.25, 0.3) is 0 Å². The molecule has 1 heterocycles. The van der Waals surface area contributed by atoms with Crippen molar-refractivity contribution in [1.29, 1.82) is 0 Å². The lowest BCUT2D eigenvalue weighted by molar-refractivity contribution is 0.0526. The van der Waals surface area contributed by atoms with Crippen LogP contribution in [0.4, 0.5) is 5.69 Å². The molecule has 0 aliphatic heterocycles. The van der Waals surface area contributed by atoms with E-state index in [4.69, 9.17) is 4.74 Å². The van der Waals surface area contributed by atoms with Crippen molar-refractivity contribution < 1.29 is 9.53 Å². The highest BCUT2D eigenvalue weighted by Gasteiger charge is 2.41. The number of esters is 1. The number of rotatable bonds is 6. The first-order valence-corrected chi connectivity index (χ1v) is 10.9. The molecule has 0 saturated heterocycles. The lowest BCUT2D eigenvalue weighted by Crippen LogP contribution is -2.41. The molecule has 1 aliphatic carbocycles. The van der Waals surface area contributed by atoms with E-state index in [0.717, 1.165) is 42.9 Å². The van der Waals surface area contributed by atoms with Gasteiger partial charge in [0.1, 0.15) is 0 Å². The average molecular weight is 420 g/mol. The summed E-state index contributed by atoms with van der Waals surface area (Å²) in [5.41, 5.74) is 3.12. The number of carbonyl (C=O) groups is 1. The third-order valence-electron chi connectivity index (χ3n) is 6.06. The topological polar surface area (TPSA) is 81.9 Å². The summed E-state index contributed by atoms with van der Waals surface area (Å²) in [4.78, 5) is 12.2. The predicted octanol–water partition coefficient (Wildman–Crippen LogP) is 4.66. The molecule has 4 rings (SSSR count). The first-order chi connectivity index (χ1) is 15.0. The molecule has 0 spiro atoms. The van der Waals surface area contributed by atoms with Crippen molar-refractivity contribution in [3.63, 3.8) is 0 Å². The maximum atomic E-state index is 12.2. The predicted molar refractivity (Wildman–Crippen MR) is 119 cm³/mol. The number of tetrazole rings is 1. The maximum absolute atomic E-state index is 12.2. The summed E-state index contributed by atoms with van der Waals surface area (Å²) in [5, 5.41) is 16.5. The number of anilines is 1. The number of nitrogens with one attached hydrogen (secondary N) is 1. The first-order valence-electron chi connectivity index (χ1n) is 10.9. The Morgan fingerprint density at radius 2 is 1.94 bits per heavy atom. The lowest BCUT2D eigenvalue weighted by Gasteiger charge is -2.39. The molecule has 7 nitrogen and oxygen atoms in total. The molecule has 1 aromatic heterocycles. The fourth-order valence-corrected chi connectivity index (χ4v) is 4.21. The van der Waals surface area contributed by atoms with E-state index >= 15 is 0 Å². The summed E-state index contributed by atoms with van der Waals surface area (Å²) < 4.78 is 6.90. The summed E-state index contributed by atoms with van der Waals surface area (Å²) in [6.45, 7) is 6.51. The van der Waals surface area contributed by atoms with Crippen molar-refractivity contribution in [2.45, 2.75) is 52.0 Å². The largest absolute Gasteiger partial charge is 0.462 e. The standard InChI is InChI=1S/C24H29N5O2/c1-4-31-22(30)19-6-5-7-21(16-19)29-23(26-27-28-29)24(14-12-18(3)13-15-24)25-20-10-8-17(2)9-11-20/h5-11,16,18,25H,4,12-15H2,1-3H3. The van der Waals surface area contributed by atoms with Crippen LogP contribution in [0.2, 0.25) is 0 Å². The van der Waals surface area contributed by atoms with Crippen LogP contribution in [0.1, 0.15) is 61.3 Å². The van der Waals surface area contributed by atoms with Gasteiger partial charge in [0, 0.05) is 5.69 Å². The summed E-state index contributed by atoms with van der Waals surface area (Å²) in [7, 11) is 0. The Labute approximate surface area is 182 Å². The molecule has 31 heavy (non-hydrogen) atoms. The quantitative estimate of drug-likeness (QED) is 0.585. The lowest BCUT2D eigenvalue weighted by atomic mass is 9.76. The monoisotopic (exact) mass is 419 g/mol. The van der Waals surface area contributed by atoms with Crippen molar-refractivity contribution in [2.24, 2.45) is 5.92 Å². The van der Waals surface area contributed by atoms with Crippen LogP contribution < -0.4 is 5.32 Å². The number of aromatic nitrogens is 4. The minimum Gasteiger partial charge on any atom is -0.462 e. The van der Waals surface area contributed by atoms with E-state index in [1.54, 1.807) is 23.7 Å². The molecule has 0 amide bonds.